The molecule has 0 aromatic carbocycles. The summed E-state index contributed by atoms with van der Waals surface area (Å²) < 4.78 is 6.22. The summed E-state index contributed by atoms with van der Waals surface area (Å²) in [6.07, 6.45) is 4.22. The van der Waals surface area contributed by atoms with E-state index in [9.17, 15) is 0 Å². The zero-order valence-electron chi connectivity index (χ0n) is 14.4. The summed E-state index contributed by atoms with van der Waals surface area (Å²) >= 11 is 2.08. The van der Waals surface area contributed by atoms with E-state index >= 15 is 0 Å². The first-order valence-corrected chi connectivity index (χ1v) is 9.75. The predicted molar refractivity (Wildman–Crippen MR) is 94.6 cm³/mol. The van der Waals surface area contributed by atoms with Crippen molar-refractivity contribution < 1.29 is 4.74 Å². The van der Waals surface area contributed by atoms with Crippen LogP contribution in [0.2, 0.25) is 0 Å². The zero-order chi connectivity index (χ0) is 15.8. The SMILES string of the molecule is CCNC(=NCC1(C)CCCS1)NC1C2CCOC2C1(C)C. The van der Waals surface area contributed by atoms with Crippen molar-refractivity contribution in [1.29, 1.82) is 0 Å². The van der Waals surface area contributed by atoms with Gasteiger partial charge in [0, 0.05) is 35.3 Å². The van der Waals surface area contributed by atoms with Gasteiger partial charge in [-0.25, -0.2) is 0 Å². The highest BCUT2D eigenvalue weighted by Gasteiger charge is 2.59. The normalized spacial score (nSPS) is 40.2. The van der Waals surface area contributed by atoms with Crippen molar-refractivity contribution in [1.82, 2.24) is 10.6 Å². The van der Waals surface area contributed by atoms with Crippen molar-refractivity contribution >= 4 is 17.7 Å². The molecule has 4 unspecified atom stereocenters. The average molecular weight is 326 g/mol. The number of nitrogens with zero attached hydrogens (tertiary/aromatic N) is 1. The van der Waals surface area contributed by atoms with Gasteiger partial charge in [0.15, 0.2) is 5.96 Å². The molecule has 0 spiro atoms. The van der Waals surface area contributed by atoms with E-state index in [1.165, 1.54) is 25.0 Å². The summed E-state index contributed by atoms with van der Waals surface area (Å²) in [4.78, 5) is 4.90. The van der Waals surface area contributed by atoms with Crippen molar-refractivity contribution in [3.8, 4) is 0 Å². The molecule has 4 atom stereocenters. The zero-order valence-corrected chi connectivity index (χ0v) is 15.3. The van der Waals surface area contributed by atoms with Gasteiger partial charge in [0.05, 0.1) is 12.6 Å². The Morgan fingerprint density at radius 2 is 2.18 bits per heavy atom. The molecular formula is C17H31N3OS. The highest BCUT2D eigenvalue weighted by Crippen LogP contribution is 2.52. The van der Waals surface area contributed by atoms with Crippen LogP contribution in [0.3, 0.4) is 0 Å². The number of thioether (sulfide) groups is 1. The van der Waals surface area contributed by atoms with Crippen LogP contribution in [0.5, 0.6) is 0 Å². The van der Waals surface area contributed by atoms with E-state index in [4.69, 9.17) is 9.73 Å². The third-order valence-corrected chi connectivity index (χ3v) is 7.13. The van der Waals surface area contributed by atoms with E-state index in [-0.39, 0.29) is 5.41 Å². The van der Waals surface area contributed by atoms with Crippen LogP contribution >= 0.6 is 11.8 Å². The molecule has 22 heavy (non-hydrogen) atoms. The van der Waals surface area contributed by atoms with E-state index in [1.54, 1.807) is 0 Å². The Labute approximate surface area is 139 Å². The fourth-order valence-corrected chi connectivity index (χ4v) is 5.52. The van der Waals surface area contributed by atoms with Crippen molar-refractivity contribution in [3.05, 3.63) is 0 Å². The molecule has 126 valence electrons. The number of hydrogen-bond donors (Lipinski definition) is 2. The maximum atomic E-state index is 5.89. The summed E-state index contributed by atoms with van der Waals surface area (Å²) in [5.41, 5.74) is 0.198. The molecule has 0 aromatic rings. The minimum absolute atomic E-state index is 0.198. The summed E-state index contributed by atoms with van der Waals surface area (Å²) in [7, 11) is 0. The lowest BCUT2D eigenvalue weighted by atomic mass is 9.57. The van der Waals surface area contributed by atoms with E-state index in [0.29, 0.717) is 22.8 Å². The van der Waals surface area contributed by atoms with Crippen LogP contribution in [0.15, 0.2) is 4.99 Å². The molecule has 1 aliphatic carbocycles. The molecule has 5 heteroatoms. The van der Waals surface area contributed by atoms with E-state index in [1.807, 2.05) is 0 Å². The Morgan fingerprint density at radius 3 is 2.86 bits per heavy atom. The first-order chi connectivity index (χ1) is 10.5. The predicted octanol–water partition coefficient (Wildman–Crippen LogP) is 2.64. The third-order valence-electron chi connectivity index (χ3n) is 5.61. The summed E-state index contributed by atoms with van der Waals surface area (Å²) in [6, 6.07) is 0.474. The van der Waals surface area contributed by atoms with Crippen LogP contribution in [0.1, 0.15) is 47.0 Å². The van der Waals surface area contributed by atoms with Gasteiger partial charge in [-0.1, -0.05) is 13.8 Å². The summed E-state index contributed by atoms with van der Waals surface area (Å²) in [5.74, 6) is 2.92. The molecule has 1 saturated carbocycles. The maximum Gasteiger partial charge on any atom is 0.191 e. The smallest absolute Gasteiger partial charge is 0.191 e. The number of fused-ring (bicyclic) bond motifs is 1. The number of aliphatic imine (C=N–C) groups is 1. The fourth-order valence-electron chi connectivity index (χ4n) is 4.29. The number of rotatable bonds is 4. The largest absolute Gasteiger partial charge is 0.377 e. The second kappa shape index (κ2) is 6.23. The van der Waals surface area contributed by atoms with E-state index in [2.05, 4.69) is 50.1 Å². The van der Waals surface area contributed by atoms with Gasteiger partial charge in [-0.2, -0.15) is 11.8 Å². The molecule has 0 aromatic heterocycles. The summed E-state index contributed by atoms with van der Waals surface area (Å²) in [6.45, 7) is 11.9. The number of nitrogens with one attached hydrogen (secondary N) is 2. The highest BCUT2D eigenvalue weighted by atomic mass is 32.2. The molecule has 0 radical (unpaired) electrons. The quantitative estimate of drug-likeness (QED) is 0.616. The van der Waals surface area contributed by atoms with Gasteiger partial charge in [-0.05, 0) is 38.9 Å². The topological polar surface area (TPSA) is 45.7 Å². The van der Waals surface area contributed by atoms with Gasteiger partial charge in [-0.3, -0.25) is 4.99 Å². The lowest BCUT2D eigenvalue weighted by Crippen LogP contribution is -2.68. The Balaban J connectivity index is 1.64. The maximum absolute atomic E-state index is 5.89. The molecule has 2 saturated heterocycles. The van der Waals surface area contributed by atoms with Gasteiger partial charge < -0.3 is 15.4 Å². The van der Waals surface area contributed by atoms with Gasteiger partial charge in [0.1, 0.15) is 0 Å². The Kier molecular flexibility index (Phi) is 4.66. The first-order valence-electron chi connectivity index (χ1n) is 8.77. The molecule has 3 rings (SSSR count). The van der Waals surface area contributed by atoms with Gasteiger partial charge >= 0.3 is 0 Å². The van der Waals surface area contributed by atoms with Crippen LogP contribution in [0, 0.1) is 11.3 Å². The lowest BCUT2D eigenvalue weighted by Gasteiger charge is -2.55. The molecule has 2 N–H and O–H groups in total. The van der Waals surface area contributed by atoms with Crippen LogP contribution in [0.4, 0.5) is 0 Å². The van der Waals surface area contributed by atoms with Crippen molar-refractivity contribution in [2.75, 3.05) is 25.4 Å². The Bertz CT molecular complexity index is 432. The number of ether oxygens (including phenoxy) is 1. The summed E-state index contributed by atoms with van der Waals surface area (Å²) in [5, 5.41) is 7.14. The fraction of sp³-hybridized carbons (Fsp3) is 0.941. The van der Waals surface area contributed by atoms with Gasteiger partial charge in [0.25, 0.3) is 0 Å². The molecule has 3 fully saturated rings. The van der Waals surface area contributed by atoms with E-state index in [0.717, 1.165) is 25.7 Å². The highest BCUT2D eigenvalue weighted by molar-refractivity contribution is 8.00. The van der Waals surface area contributed by atoms with Crippen molar-refractivity contribution in [3.63, 3.8) is 0 Å². The van der Waals surface area contributed by atoms with Crippen LogP contribution in [0.25, 0.3) is 0 Å². The van der Waals surface area contributed by atoms with Gasteiger partial charge in [-0.15, -0.1) is 0 Å². The van der Waals surface area contributed by atoms with Crippen molar-refractivity contribution in [2.24, 2.45) is 16.3 Å². The molecule has 2 aliphatic heterocycles. The number of hydrogen-bond acceptors (Lipinski definition) is 3. The molecule has 2 heterocycles. The molecular weight excluding hydrogens is 294 g/mol. The molecule has 4 nitrogen and oxygen atoms in total. The molecule has 0 amide bonds. The average Bonchev–Trinajstić information content (AvgIpc) is 3.10. The second-order valence-electron chi connectivity index (χ2n) is 7.78. The van der Waals surface area contributed by atoms with Crippen LogP contribution in [-0.2, 0) is 4.74 Å². The van der Waals surface area contributed by atoms with Gasteiger partial charge in [0.2, 0.25) is 0 Å². The minimum Gasteiger partial charge on any atom is -0.377 e. The third kappa shape index (κ3) is 2.99. The van der Waals surface area contributed by atoms with Crippen LogP contribution in [-0.4, -0.2) is 48.3 Å². The van der Waals surface area contributed by atoms with Crippen molar-refractivity contribution in [2.45, 2.75) is 63.9 Å². The molecule has 0 bridgehead atoms. The lowest BCUT2D eigenvalue weighted by molar-refractivity contribution is -0.106. The Hall–Kier alpha value is -0.420. The standard InChI is InChI=1S/C17H31N3OS/c1-5-18-15(19-11-17(4)8-6-10-22-17)20-13-12-7-9-21-14(12)16(13,2)3/h12-14H,5-11H2,1-4H3,(H2,18,19,20). The monoisotopic (exact) mass is 325 g/mol. The van der Waals surface area contributed by atoms with Crippen LogP contribution < -0.4 is 10.6 Å². The first kappa shape index (κ1) is 16.4. The second-order valence-corrected chi connectivity index (χ2v) is 9.47. The molecule has 3 aliphatic rings. The number of guanidine groups is 1. The minimum atomic E-state index is 0.198. The Morgan fingerprint density at radius 1 is 1.36 bits per heavy atom. The van der Waals surface area contributed by atoms with E-state index < -0.39 is 0 Å².